The number of fused-ring (bicyclic) bond motifs is 1. The first-order valence-corrected chi connectivity index (χ1v) is 10.3. The van der Waals surface area contributed by atoms with Crippen LogP contribution in [0.2, 0.25) is 0 Å². The molecule has 0 fully saturated rings. The quantitative estimate of drug-likeness (QED) is 0.525. The number of pyridine rings is 1. The Hall–Kier alpha value is -2.13. The van der Waals surface area contributed by atoms with Crippen molar-refractivity contribution in [1.82, 2.24) is 15.0 Å². The number of rotatable bonds is 8. The highest BCUT2D eigenvalue weighted by atomic mass is 35.5. The Bertz CT molecular complexity index is 1080. The fourth-order valence-electron chi connectivity index (χ4n) is 2.87. The van der Waals surface area contributed by atoms with E-state index < -0.39 is 21.7 Å². The summed E-state index contributed by atoms with van der Waals surface area (Å²) in [7, 11) is -3.66. The van der Waals surface area contributed by atoms with Crippen LogP contribution in [0.5, 0.6) is 0 Å². The summed E-state index contributed by atoms with van der Waals surface area (Å²) in [6, 6.07) is 9.75. The lowest BCUT2D eigenvalue weighted by atomic mass is 10.1. The molecule has 0 spiro atoms. The van der Waals surface area contributed by atoms with E-state index in [1.807, 2.05) is 0 Å². The molecule has 2 aromatic carbocycles. The van der Waals surface area contributed by atoms with Crippen LogP contribution in [0.4, 0.5) is 8.78 Å². The summed E-state index contributed by atoms with van der Waals surface area (Å²) in [5.41, 5.74) is 0.410. The molecule has 3 aromatic rings. The molecule has 0 amide bonds. The van der Waals surface area contributed by atoms with Gasteiger partial charge in [0.1, 0.15) is 11.6 Å². The molecule has 9 heteroatoms. The third kappa shape index (κ3) is 6.17. The molecular weight excluding hydrogens is 420 g/mol. The number of nitrogens with one attached hydrogen (secondary N) is 2. The summed E-state index contributed by atoms with van der Waals surface area (Å²) in [5.74, 6) is -1.19. The lowest BCUT2D eigenvalue weighted by Crippen LogP contribution is -2.40. The van der Waals surface area contributed by atoms with E-state index >= 15 is 0 Å². The Labute approximate surface area is 175 Å². The number of halogens is 3. The Morgan fingerprint density at radius 3 is 2.62 bits per heavy atom. The zero-order valence-electron chi connectivity index (χ0n) is 15.7. The van der Waals surface area contributed by atoms with Gasteiger partial charge in [-0.15, -0.1) is 12.4 Å². The van der Waals surface area contributed by atoms with Crippen LogP contribution in [0.25, 0.3) is 10.8 Å². The summed E-state index contributed by atoms with van der Waals surface area (Å²) in [6.45, 7) is 2.56. The van der Waals surface area contributed by atoms with Gasteiger partial charge in [-0.1, -0.05) is 12.1 Å². The van der Waals surface area contributed by atoms with Crippen LogP contribution >= 0.6 is 12.4 Å². The molecule has 29 heavy (non-hydrogen) atoms. The predicted octanol–water partition coefficient (Wildman–Crippen LogP) is 3.43. The fourth-order valence-corrected chi connectivity index (χ4v) is 4.15. The Balaban J connectivity index is 0.00000300. The van der Waals surface area contributed by atoms with E-state index in [0.29, 0.717) is 25.1 Å². The number of sulfonamides is 1. The normalized spacial score (nSPS) is 12.5. The topological polar surface area (TPSA) is 71.1 Å². The molecule has 0 saturated heterocycles. The minimum absolute atomic E-state index is 0. The minimum Gasteiger partial charge on any atom is -0.315 e. The zero-order valence-corrected chi connectivity index (χ0v) is 17.4. The average Bonchev–Trinajstić information content (AvgIpc) is 2.66. The highest BCUT2D eigenvalue weighted by Crippen LogP contribution is 2.18. The van der Waals surface area contributed by atoms with Crippen LogP contribution < -0.4 is 10.0 Å². The summed E-state index contributed by atoms with van der Waals surface area (Å²) in [6.07, 6.45) is 3.67. The number of aromatic nitrogens is 1. The van der Waals surface area contributed by atoms with Crippen LogP contribution in [0.15, 0.2) is 59.8 Å². The third-order valence-electron chi connectivity index (χ3n) is 4.32. The minimum atomic E-state index is -3.66. The largest absolute Gasteiger partial charge is 0.315 e. The molecule has 0 aliphatic carbocycles. The molecule has 1 aromatic heterocycles. The highest BCUT2D eigenvalue weighted by Gasteiger charge is 2.17. The Morgan fingerprint density at radius 2 is 1.86 bits per heavy atom. The molecular formula is C20H22ClF2N3O2S. The van der Waals surface area contributed by atoms with Gasteiger partial charge in [-0.3, -0.25) is 4.98 Å². The van der Waals surface area contributed by atoms with E-state index in [9.17, 15) is 17.2 Å². The second-order valence-electron chi connectivity index (χ2n) is 6.60. The Kier molecular flexibility index (Phi) is 8.04. The van der Waals surface area contributed by atoms with Crippen molar-refractivity contribution in [2.45, 2.75) is 24.3 Å². The number of hydrogen-bond donors (Lipinski definition) is 2. The standard InChI is InChI=1S/C20H21F2N3O2S.ClH/c1-14(12-23-8-6-15-2-4-18(21)11-20(15)22)25-28(26,27)19-5-3-17-13-24-9-7-16(17)10-19;/h2-5,7,9-11,13-14,23,25H,6,8,12H2,1H3;1H. The van der Waals surface area contributed by atoms with Gasteiger partial charge in [0.2, 0.25) is 10.0 Å². The van der Waals surface area contributed by atoms with Gasteiger partial charge >= 0.3 is 0 Å². The van der Waals surface area contributed by atoms with E-state index in [1.54, 1.807) is 43.6 Å². The van der Waals surface area contributed by atoms with Crippen LogP contribution in [0, 0.1) is 11.6 Å². The van der Waals surface area contributed by atoms with Crippen molar-refractivity contribution in [3.8, 4) is 0 Å². The van der Waals surface area contributed by atoms with Gasteiger partial charge < -0.3 is 5.32 Å². The van der Waals surface area contributed by atoms with Crippen LogP contribution in [-0.4, -0.2) is 32.5 Å². The SMILES string of the molecule is CC(CNCCc1ccc(F)cc1F)NS(=O)(=O)c1ccc2cnccc2c1.Cl. The predicted molar refractivity (Wildman–Crippen MR) is 112 cm³/mol. The molecule has 0 saturated carbocycles. The molecule has 156 valence electrons. The van der Waals surface area contributed by atoms with Crippen LogP contribution in [0.1, 0.15) is 12.5 Å². The molecule has 1 heterocycles. The van der Waals surface area contributed by atoms with E-state index in [1.165, 1.54) is 12.1 Å². The second kappa shape index (κ2) is 10.1. The van der Waals surface area contributed by atoms with Crippen LogP contribution in [-0.2, 0) is 16.4 Å². The number of nitrogens with zero attached hydrogens (tertiary/aromatic N) is 1. The van der Waals surface area contributed by atoms with Gasteiger partial charge in [0.15, 0.2) is 0 Å². The maximum Gasteiger partial charge on any atom is 0.240 e. The van der Waals surface area contributed by atoms with Crippen molar-refractivity contribution in [2.24, 2.45) is 0 Å². The van der Waals surface area contributed by atoms with Gasteiger partial charge in [-0.25, -0.2) is 21.9 Å². The van der Waals surface area contributed by atoms with E-state index in [2.05, 4.69) is 15.0 Å². The molecule has 0 bridgehead atoms. The maximum atomic E-state index is 13.6. The monoisotopic (exact) mass is 441 g/mol. The summed E-state index contributed by atoms with van der Waals surface area (Å²) >= 11 is 0. The average molecular weight is 442 g/mol. The second-order valence-corrected chi connectivity index (χ2v) is 8.31. The summed E-state index contributed by atoms with van der Waals surface area (Å²) in [5, 5.41) is 4.74. The molecule has 0 aliphatic rings. The molecule has 5 nitrogen and oxygen atoms in total. The van der Waals surface area contributed by atoms with Crippen molar-refractivity contribution in [2.75, 3.05) is 13.1 Å². The molecule has 0 radical (unpaired) electrons. The van der Waals surface area contributed by atoms with Crippen LogP contribution in [0.3, 0.4) is 0 Å². The molecule has 1 atom stereocenters. The molecule has 1 unspecified atom stereocenters. The summed E-state index contributed by atoms with van der Waals surface area (Å²) < 4.78 is 54.3. The summed E-state index contributed by atoms with van der Waals surface area (Å²) in [4.78, 5) is 4.20. The lowest BCUT2D eigenvalue weighted by Gasteiger charge is -2.15. The van der Waals surface area contributed by atoms with E-state index in [0.717, 1.165) is 16.8 Å². The Morgan fingerprint density at radius 1 is 1.07 bits per heavy atom. The highest BCUT2D eigenvalue weighted by molar-refractivity contribution is 7.89. The van der Waals surface area contributed by atoms with E-state index in [-0.39, 0.29) is 23.3 Å². The molecule has 0 aliphatic heterocycles. The first kappa shape index (κ1) is 23.2. The van der Waals surface area contributed by atoms with Gasteiger partial charge in [0.05, 0.1) is 4.90 Å². The number of hydrogen-bond acceptors (Lipinski definition) is 4. The fraction of sp³-hybridized carbons (Fsp3) is 0.250. The zero-order chi connectivity index (χ0) is 20.1. The van der Waals surface area contributed by atoms with Crippen molar-refractivity contribution in [3.63, 3.8) is 0 Å². The van der Waals surface area contributed by atoms with Crippen molar-refractivity contribution >= 4 is 33.2 Å². The first-order chi connectivity index (χ1) is 13.3. The van der Waals surface area contributed by atoms with Gasteiger partial charge in [0.25, 0.3) is 0 Å². The van der Waals surface area contributed by atoms with Gasteiger partial charge in [-0.05, 0) is 55.1 Å². The smallest absolute Gasteiger partial charge is 0.240 e. The van der Waals surface area contributed by atoms with Crippen molar-refractivity contribution in [1.29, 1.82) is 0 Å². The lowest BCUT2D eigenvalue weighted by molar-refractivity contribution is 0.533. The molecule has 2 N–H and O–H groups in total. The van der Waals surface area contributed by atoms with Gasteiger partial charge in [-0.2, -0.15) is 0 Å². The van der Waals surface area contributed by atoms with Gasteiger partial charge in [0, 0.05) is 36.4 Å². The van der Waals surface area contributed by atoms with E-state index in [4.69, 9.17) is 0 Å². The first-order valence-electron chi connectivity index (χ1n) is 8.86. The number of benzene rings is 2. The molecule has 3 rings (SSSR count). The third-order valence-corrected chi connectivity index (χ3v) is 5.90. The van der Waals surface area contributed by atoms with Crippen molar-refractivity contribution in [3.05, 3.63) is 72.1 Å². The van der Waals surface area contributed by atoms with Crippen molar-refractivity contribution < 1.29 is 17.2 Å². The maximum absolute atomic E-state index is 13.6.